The van der Waals surface area contributed by atoms with Crippen molar-refractivity contribution in [3.63, 3.8) is 0 Å². The first-order valence-electron chi connectivity index (χ1n) is 5.33. The summed E-state index contributed by atoms with van der Waals surface area (Å²) >= 11 is 5.47. The molecule has 0 heterocycles. The average Bonchev–Trinajstić information content (AvgIpc) is 2.32. The first-order chi connectivity index (χ1) is 6.34. The summed E-state index contributed by atoms with van der Waals surface area (Å²) in [5.74, 6) is 0.825. The molecule has 2 unspecified atom stereocenters. The van der Waals surface area contributed by atoms with Gasteiger partial charge in [-0.05, 0) is 18.8 Å². The summed E-state index contributed by atoms with van der Waals surface area (Å²) < 4.78 is 0. The van der Waals surface area contributed by atoms with Crippen LogP contribution in [0.25, 0.3) is 0 Å². The van der Waals surface area contributed by atoms with Crippen molar-refractivity contribution in [3.8, 4) is 0 Å². The van der Waals surface area contributed by atoms with Crippen molar-refractivity contribution >= 4 is 11.6 Å². The van der Waals surface area contributed by atoms with Gasteiger partial charge in [0.15, 0.2) is 0 Å². The average molecular weight is 202 g/mol. The fourth-order valence-corrected chi connectivity index (χ4v) is 2.15. The van der Waals surface area contributed by atoms with E-state index in [2.05, 4.69) is 12.2 Å². The van der Waals surface area contributed by atoms with Crippen molar-refractivity contribution in [2.24, 2.45) is 5.92 Å². The van der Waals surface area contributed by atoms with E-state index < -0.39 is 0 Å². The molecule has 0 bridgehead atoms. The quantitative estimate of drug-likeness (QED) is 0.691. The second-order valence-corrected chi connectivity index (χ2v) is 4.24. The number of hydrogen-bond acceptors (Lipinski definition) is 1. The molecule has 1 aliphatic carbocycles. The third-order valence-corrected chi connectivity index (χ3v) is 3.13. The van der Waals surface area contributed by atoms with Gasteiger partial charge in [0, 0.05) is 18.1 Å². The molecule has 0 radical (unpaired) electrons. The summed E-state index contributed by atoms with van der Waals surface area (Å²) in [5.41, 5.74) is 1.59. The fraction of sp³-hybridized carbons (Fsp3) is 0.818. The molecule has 1 nitrogen and oxygen atoms in total. The van der Waals surface area contributed by atoms with Gasteiger partial charge in [-0.2, -0.15) is 0 Å². The van der Waals surface area contributed by atoms with Gasteiger partial charge in [0.25, 0.3) is 0 Å². The maximum Gasteiger partial charge on any atom is 0.0149 e. The van der Waals surface area contributed by atoms with Gasteiger partial charge in [0.05, 0.1) is 0 Å². The van der Waals surface area contributed by atoms with Crippen LogP contribution in [-0.4, -0.2) is 12.6 Å². The molecule has 1 saturated carbocycles. The van der Waals surface area contributed by atoms with E-state index in [9.17, 15) is 0 Å². The molecule has 0 aromatic carbocycles. The van der Waals surface area contributed by atoms with E-state index in [1.165, 1.54) is 32.1 Å². The van der Waals surface area contributed by atoms with Crippen molar-refractivity contribution in [1.82, 2.24) is 5.32 Å². The summed E-state index contributed by atoms with van der Waals surface area (Å²) in [7, 11) is 0. The normalized spacial score (nSPS) is 30.6. The van der Waals surface area contributed by atoms with Crippen LogP contribution < -0.4 is 5.32 Å². The Labute approximate surface area is 86.5 Å². The molecule has 1 rings (SSSR count). The highest BCUT2D eigenvalue weighted by atomic mass is 35.5. The Kier molecular flexibility index (Phi) is 5.49. The van der Waals surface area contributed by atoms with E-state index in [0.717, 1.165) is 12.5 Å². The Morgan fingerprint density at radius 1 is 1.31 bits per heavy atom. The third-order valence-electron chi connectivity index (χ3n) is 2.95. The van der Waals surface area contributed by atoms with Gasteiger partial charge in [0.1, 0.15) is 0 Å². The highest BCUT2D eigenvalue weighted by molar-refractivity contribution is 6.25. The number of halogens is 1. The molecule has 1 N–H and O–H groups in total. The van der Waals surface area contributed by atoms with Crippen LogP contribution in [0.15, 0.2) is 11.6 Å². The zero-order valence-electron chi connectivity index (χ0n) is 8.43. The SMILES string of the molecule is CC1CCCCCC1NC/C=C/Cl. The lowest BCUT2D eigenvalue weighted by Gasteiger charge is -2.21. The molecule has 0 aromatic rings. The van der Waals surface area contributed by atoms with Crippen LogP contribution in [0.1, 0.15) is 39.0 Å². The summed E-state index contributed by atoms with van der Waals surface area (Å²) in [5, 5.41) is 3.54. The molecule has 0 aliphatic heterocycles. The van der Waals surface area contributed by atoms with Crippen molar-refractivity contribution in [2.75, 3.05) is 6.54 Å². The minimum atomic E-state index is 0.704. The van der Waals surface area contributed by atoms with E-state index in [4.69, 9.17) is 11.6 Å². The van der Waals surface area contributed by atoms with E-state index in [1.807, 2.05) is 6.08 Å². The molecule has 0 amide bonds. The molecule has 76 valence electrons. The van der Waals surface area contributed by atoms with Crippen molar-refractivity contribution in [3.05, 3.63) is 11.6 Å². The molecular formula is C11H20ClN. The lowest BCUT2D eigenvalue weighted by atomic mass is 9.97. The molecule has 0 aromatic heterocycles. The minimum absolute atomic E-state index is 0.704. The molecule has 1 fully saturated rings. The fourth-order valence-electron chi connectivity index (χ4n) is 2.06. The molecule has 0 saturated heterocycles. The van der Waals surface area contributed by atoms with E-state index in [-0.39, 0.29) is 0 Å². The zero-order valence-corrected chi connectivity index (χ0v) is 9.19. The number of nitrogens with one attached hydrogen (secondary N) is 1. The molecule has 2 heteroatoms. The Morgan fingerprint density at radius 3 is 2.85 bits per heavy atom. The van der Waals surface area contributed by atoms with Gasteiger partial charge < -0.3 is 5.32 Å². The van der Waals surface area contributed by atoms with Crippen molar-refractivity contribution in [1.29, 1.82) is 0 Å². The summed E-state index contributed by atoms with van der Waals surface area (Å²) in [6.07, 6.45) is 8.88. The summed E-state index contributed by atoms with van der Waals surface area (Å²) in [4.78, 5) is 0. The zero-order chi connectivity index (χ0) is 9.52. The van der Waals surface area contributed by atoms with Gasteiger partial charge in [0.2, 0.25) is 0 Å². The van der Waals surface area contributed by atoms with Crippen LogP contribution in [0, 0.1) is 5.92 Å². The first-order valence-corrected chi connectivity index (χ1v) is 5.77. The van der Waals surface area contributed by atoms with Crippen LogP contribution in [0.5, 0.6) is 0 Å². The maximum atomic E-state index is 5.47. The van der Waals surface area contributed by atoms with Gasteiger partial charge in [-0.3, -0.25) is 0 Å². The lowest BCUT2D eigenvalue weighted by molar-refractivity contribution is 0.369. The van der Waals surface area contributed by atoms with Crippen LogP contribution in [0.4, 0.5) is 0 Å². The predicted molar refractivity (Wildman–Crippen MR) is 59.0 cm³/mol. The smallest absolute Gasteiger partial charge is 0.0149 e. The van der Waals surface area contributed by atoms with Gasteiger partial charge in [-0.15, -0.1) is 0 Å². The molecule has 13 heavy (non-hydrogen) atoms. The highest BCUT2D eigenvalue weighted by Gasteiger charge is 2.18. The van der Waals surface area contributed by atoms with Crippen LogP contribution >= 0.6 is 11.6 Å². The Balaban J connectivity index is 2.27. The Bertz CT molecular complexity index is 156. The molecule has 2 atom stereocenters. The third kappa shape index (κ3) is 4.15. The van der Waals surface area contributed by atoms with Crippen molar-refractivity contribution in [2.45, 2.75) is 45.1 Å². The number of rotatable bonds is 3. The van der Waals surface area contributed by atoms with Gasteiger partial charge in [-0.1, -0.05) is 43.9 Å². The second-order valence-electron chi connectivity index (χ2n) is 3.99. The maximum absolute atomic E-state index is 5.47. The molecule has 1 aliphatic rings. The van der Waals surface area contributed by atoms with Crippen LogP contribution in [0.3, 0.4) is 0 Å². The van der Waals surface area contributed by atoms with E-state index >= 15 is 0 Å². The highest BCUT2D eigenvalue weighted by Crippen LogP contribution is 2.22. The largest absolute Gasteiger partial charge is 0.310 e. The monoisotopic (exact) mass is 201 g/mol. The summed E-state index contributed by atoms with van der Waals surface area (Å²) in [6, 6.07) is 0.704. The first kappa shape index (κ1) is 11.1. The summed E-state index contributed by atoms with van der Waals surface area (Å²) in [6.45, 7) is 3.27. The van der Waals surface area contributed by atoms with Crippen LogP contribution in [-0.2, 0) is 0 Å². The predicted octanol–water partition coefficient (Wildman–Crippen LogP) is 3.30. The molecule has 0 spiro atoms. The molecular weight excluding hydrogens is 182 g/mol. The topological polar surface area (TPSA) is 12.0 Å². The second kappa shape index (κ2) is 6.44. The number of hydrogen-bond donors (Lipinski definition) is 1. The van der Waals surface area contributed by atoms with E-state index in [0.29, 0.717) is 6.04 Å². The lowest BCUT2D eigenvalue weighted by Crippen LogP contribution is -2.34. The van der Waals surface area contributed by atoms with Crippen molar-refractivity contribution < 1.29 is 0 Å². The van der Waals surface area contributed by atoms with Crippen LogP contribution in [0.2, 0.25) is 0 Å². The van der Waals surface area contributed by atoms with Gasteiger partial charge in [-0.25, -0.2) is 0 Å². The Morgan fingerprint density at radius 2 is 2.08 bits per heavy atom. The minimum Gasteiger partial charge on any atom is -0.310 e. The Hall–Kier alpha value is -0.0100. The van der Waals surface area contributed by atoms with E-state index in [1.54, 1.807) is 5.54 Å². The standard InChI is InChI=1S/C11H20ClN/c1-10-6-3-2-4-7-11(10)13-9-5-8-12/h5,8,10-11,13H,2-4,6-7,9H2,1H3/b8-5+. The van der Waals surface area contributed by atoms with Gasteiger partial charge >= 0.3 is 0 Å².